The van der Waals surface area contributed by atoms with Crippen molar-refractivity contribution >= 4 is 21.8 Å². The molecule has 4 heteroatoms. The van der Waals surface area contributed by atoms with Gasteiger partial charge in [0.25, 0.3) is 0 Å². The Morgan fingerprint density at radius 2 is 0.855 bits per heavy atom. The SMILES string of the molecule is CC1(C)c2ccccc2-c2c1c1c(c3c2c2ccccc2n3-c2ccc(-c3nc(-c4ccccc4)nc(-c4ccccc4)n3)cc2)-c2ccccc2C1(C)C. The van der Waals surface area contributed by atoms with E-state index in [0.29, 0.717) is 17.5 Å². The van der Waals surface area contributed by atoms with E-state index in [4.69, 9.17) is 15.0 Å². The normalized spacial score (nSPS) is 14.5. The average molecular weight is 707 g/mol. The van der Waals surface area contributed by atoms with Crippen LogP contribution in [0.1, 0.15) is 49.9 Å². The van der Waals surface area contributed by atoms with Crippen molar-refractivity contribution in [3.63, 3.8) is 0 Å². The number of nitrogens with zero attached hydrogens (tertiary/aromatic N) is 4. The minimum absolute atomic E-state index is 0.157. The summed E-state index contributed by atoms with van der Waals surface area (Å²) in [5.41, 5.74) is 17.2. The van der Waals surface area contributed by atoms with Crippen molar-refractivity contribution in [3.8, 4) is 62.1 Å². The maximum atomic E-state index is 5.03. The summed E-state index contributed by atoms with van der Waals surface area (Å²) in [6.45, 7) is 9.70. The molecule has 0 spiro atoms. The lowest BCUT2D eigenvalue weighted by atomic mass is 9.72. The van der Waals surface area contributed by atoms with Gasteiger partial charge in [-0.25, -0.2) is 15.0 Å². The van der Waals surface area contributed by atoms with E-state index in [1.807, 2.05) is 60.7 Å². The second-order valence-corrected chi connectivity index (χ2v) is 16.0. The number of fused-ring (bicyclic) bond motifs is 12. The fraction of sp³-hybridized carbons (Fsp3) is 0.118. The molecule has 0 unspecified atom stereocenters. The van der Waals surface area contributed by atoms with Gasteiger partial charge in [-0.3, -0.25) is 0 Å². The summed E-state index contributed by atoms with van der Waals surface area (Å²) in [7, 11) is 0. The third-order valence-corrected chi connectivity index (χ3v) is 12.2. The van der Waals surface area contributed by atoms with Gasteiger partial charge in [-0.05, 0) is 69.3 Å². The first kappa shape index (κ1) is 31.8. The van der Waals surface area contributed by atoms with E-state index in [-0.39, 0.29) is 10.8 Å². The minimum atomic E-state index is -0.180. The summed E-state index contributed by atoms with van der Waals surface area (Å²) >= 11 is 0. The van der Waals surface area contributed by atoms with Crippen LogP contribution in [0.2, 0.25) is 0 Å². The number of hydrogen-bond donors (Lipinski definition) is 0. The monoisotopic (exact) mass is 706 g/mol. The number of para-hydroxylation sites is 1. The number of benzene rings is 7. The standard InChI is InChI=1S/C51H38N4/c1-50(2)38-24-14-11-21-35(38)41-42-37-23-13-16-26-40(37)55(46(42)43-36-22-12-15-25-39(36)51(3,4)45(43)44(41)50)34-29-27-33(28-30-34)49-53-47(31-17-7-5-8-18-31)52-48(54-49)32-19-9-6-10-20-32/h5-30H,1-4H3. The molecule has 9 aromatic rings. The maximum Gasteiger partial charge on any atom is 0.164 e. The van der Waals surface area contributed by atoms with Crippen LogP contribution in [0.4, 0.5) is 0 Å². The van der Waals surface area contributed by atoms with Crippen molar-refractivity contribution in [3.05, 3.63) is 180 Å². The molecular weight excluding hydrogens is 669 g/mol. The Morgan fingerprint density at radius 3 is 1.42 bits per heavy atom. The first-order chi connectivity index (χ1) is 26.8. The molecule has 2 aliphatic carbocycles. The lowest BCUT2D eigenvalue weighted by Gasteiger charge is -2.31. The van der Waals surface area contributed by atoms with E-state index in [0.717, 1.165) is 22.4 Å². The number of aromatic nitrogens is 4. The first-order valence-corrected chi connectivity index (χ1v) is 19.1. The fourth-order valence-corrected chi connectivity index (χ4v) is 9.73. The molecule has 0 saturated carbocycles. The molecule has 0 bridgehead atoms. The summed E-state index contributed by atoms with van der Waals surface area (Å²) < 4.78 is 2.51. The molecular formula is C51H38N4. The van der Waals surface area contributed by atoms with Crippen LogP contribution in [-0.4, -0.2) is 19.5 Å². The molecule has 0 aliphatic heterocycles. The predicted molar refractivity (Wildman–Crippen MR) is 226 cm³/mol. The van der Waals surface area contributed by atoms with Crippen LogP contribution < -0.4 is 0 Å². The van der Waals surface area contributed by atoms with Crippen LogP contribution in [0.3, 0.4) is 0 Å². The molecule has 2 aliphatic rings. The molecule has 0 atom stereocenters. The number of hydrogen-bond acceptors (Lipinski definition) is 3. The fourth-order valence-electron chi connectivity index (χ4n) is 9.73. The van der Waals surface area contributed by atoms with Gasteiger partial charge in [0.05, 0.1) is 11.0 Å². The van der Waals surface area contributed by atoms with E-state index >= 15 is 0 Å². The molecule has 262 valence electrons. The van der Waals surface area contributed by atoms with Gasteiger partial charge in [0.1, 0.15) is 0 Å². The zero-order valence-electron chi connectivity index (χ0n) is 31.3. The summed E-state index contributed by atoms with van der Waals surface area (Å²) in [5.74, 6) is 1.96. The van der Waals surface area contributed by atoms with E-state index in [2.05, 4.69) is 129 Å². The van der Waals surface area contributed by atoms with Gasteiger partial charge in [0.15, 0.2) is 17.5 Å². The van der Waals surface area contributed by atoms with Gasteiger partial charge >= 0.3 is 0 Å². The molecule has 55 heavy (non-hydrogen) atoms. The summed E-state index contributed by atoms with van der Waals surface area (Å²) in [6, 6.07) is 56.2. The zero-order chi connectivity index (χ0) is 37.1. The quantitative estimate of drug-likeness (QED) is 0.183. The molecule has 0 N–H and O–H groups in total. The Labute approximate surface area is 320 Å². The highest BCUT2D eigenvalue weighted by molar-refractivity contribution is 6.23. The van der Waals surface area contributed by atoms with Crippen LogP contribution in [0.25, 0.3) is 83.9 Å². The molecule has 0 radical (unpaired) electrons. The van der Waals surface area contributed by atoms with Gasteiger partial charge < -0.3 is 4.57 Å². The summed E-state index contributed by atoms with van der Waals surface area (Å²) in [4.78, 5) is 15.0. The highest BCUT2D eigenvalue weighted by Gasteiger charge is 2.48. The lowest BCUT2D eigenvalue weighted by Crippen LogP contribution is -2.24. The second-order valence-electron chi connectivity index (χ2n) is 16.0. The first-order valence-electron chi connectivity index (χ1n) is 19.1. The highest BCUT2D eigenvalue weighted by Crippen LogP contribution is 2.63. The van der Waals surface area contributed by atoms with Crippen molar-refractivity contribution in [2.45, 2.75) is 38.5 Å². The molecule has 0 saturated heterocycles. The number of rotatable bonds is 4. The topological polar surface area (TPSA) is 43.6 Å². The Morgan fingerprint density at radius 1 is 0.418 bits per heavy atom. The molecule has 0 fully saturated rings. The largest absolute Gasteiger partial charge is 0.309 e. The van der Waals surface area contributed by atoms with Crippen LogP contribution in [-0.2, 0) is 10.8 Å². The van der Waals surface area contributed by atoms with Crippen molar-refractivity contribution in [2.24, 2.45) is 0 Å². The van der Waals surface area contributed by atoms with Gasteiger partial charge in [0, 0.05) is 49.5 Å². The Kier molecular flexibility index (Phi) is 6.61. The van der Waals surface area contributed by atoms with Crippen LogP contribution in [0.5, 0.6) is 0 Å². The van der Waals surface area contributed by atoms with Crippen LogP contribution in [0.15, 0.2) is 158 Å². The summed E-state index contributed by atoms with van der Waals surface area (Å²) in [6.07, 6.45) is 0. The minimum Gasteiger partial charge on any atom is -0.309 e. The summed E-state index contributed by atoms with van der Waals surface area (Å²) in [5, 5.41) is 2.60. The van der Waals surface area contributed by atoms with Crippen molar-refractivity contribution in [1.82, 2.24) is 19.5 Å². The van der Waals surface area contributed by atoms with Gasteiger partial charge in [-0.2, -0.15) is 0 Å². The Hall–Kier alpha value is -6.65. The molecule has 0 amide bonds. The predicted octanol–water partition coefficient (Wildman–Crippen LogP) is 12.6. The third-order valence-electron chi connectivity index (χ3n) is 12.2. The van der Waals surface area contributed by atoms with Crippen molar-refractivity contribution < 1.29 is 0 Å². The van der Waals surface area contributed by atoms with Gasteiger partial charge in [0.2, 0.25) is 0 Å². The lowest BCUT2D eigenvalue weighted by molar-refractivity contribution is 0.602. The molecule has 2 aromatic heterocycles. The zero-order valence-corrected chi connectivity index (χ0v) is 31.3. The van der Waals surface area contributed by atoms with Gasteiger partial charge in [-0.1, -0.05) is 155 Å². The van der Waals surface area contributed by atoms with Crippen LogP contribution >= 0.6 is 0 Å². The maximum absolute atomic E-state index is 5.03. The van der Waals surface area contributed by atoms with Crippen molar-refractivity contribution in [1.29, 1.82) is 0 Å². The van der Waals surface area contributed by atoms with Crippen LogP contribution in [0, 0.1) is 0 Å². The Bertz CT molecular complexity index is 2950. The molecule has 7 aromatic carbocycles. The van der Waals surface area contributed by atoms with Gasteiger partial charge in [-0.15, -0.1) is 0 Å². The molecule has 2 heterocycles. The second kappa shape index (κ2) is 11.4. The van der Waals surface area contributed by atoms with Crippen molar-refractivity contribution in [2.75, 3.05) is 0 Å². The van der Waals surface area contributed by atoms with E-state index in [1.165, 1.54) is 66.3 Å². The smallest absolute Gasteiger partial charge is 0.164 e. The highest BCUT2D eigenvalue weighted by atomic mass is 15.0. The van der Waals surface area contributed by atoms with E-state index < -0.39 is 0 Å². The third kappa shape index (κ3) is 4.42. The van der Waals surface area contributed by atoms with E-state index in [9.17, 15) is 0 Å². The average Bonchev–Trinajstić information content (AvgIpc) is 3.78. The molecule has 11 rings (SSSR count). The van der Waals surface area contributed by atoms with E-state index in [1.54, 1.807) is 0 Å². The Balaban J connectivity index is 1.19. The molecule has 4 nitrogen and oxygen atoms in total.